The normalized spacial score (nSPS) is 14.9. The van der Waals surface area contributed by atoms with Gasteiger partial charge < -0.3 is 20.9 Å². The van der Waals surface area contributed by atoms with Crippen LogP contribution in [0.5, 0.6) is 0 Å². The largest absolute Gasteiger partial charge is 0.452 e. The molecule has 0 bridgehead atoms. The zero-order valence-corrected chi connectivity index (χ0v) is 21.3. The minimum absolute atomic E-state index is 0.118. The van der Waals surface area contributed by atoms with Crippen molar-refractivity contribution >= 4 is 29.4 Å². The molecule has 4 amide bonds. The Labute approximate surface area is 198 Å². The maximum Gasteiger partial charge on any atom is 0.452 e. The van der Waals surface area contributed by atoms with Crippen molar-refractivity contribution in [3.8, 4) is 0 Å². The van der Waals surface area contributed by atoms with Crippen LogP contribution in [0.25, 0.3) is 0 Å². The minimum Gasteiger partial charge on any atom is -0.349 e. The number of nitrogens with one attached hydrogen (secondary N) is 3. The molecule has 0 aromatic carbocycles. The van der Waals surface area contributed by atoms with Crippen molar-refractivity contribution in [1.29, 1.82) is 0 Å². The fraction of sp³-hybridized carbons (Fsp3) is 0.773. The monoisotopic (exact) mass is 494 g/mol. The number of rotatable bonds is 9. The van der Waals surface area contributed by atoms with Gasteiger partial charge in [-0.1, -0.05) is 41.5 Å². The number of hydrogen-bond donors (Lipinski definition) is 3. The number of carbonyl (C=O) groups excluding carboxylic acids is 5. The first-order valence-electron chi connectivity index (χ1n) is 10.8. The van der Waals surface area contributed by atoms with E-state index in [9.17, 15) is 37.1 Å². The third kappa shape index (κ3) is 11.0. The lowest BCUT2D eigenvalue weighted by molar-refractivity contribution is -0.173. The van der Waals surface area contributed by atoms with Gasteiger partial charge in [-0.15, -0.1) is 0 Å². The van der Waals surface area contributed by atoms with Crippen LogP contribution in [0.3, 0.4) is 0 Å². The van der Waals surface area contributed by atoms with Gasteiger partial charge in [-0.05, 0) is 17.8 Å². The van der Waals surface area contributed by atoms with Gasteiger partial charge >= 0.3 is 6.18 Å². The van der Waals surface area contributed by atoms with Crippen LogP contribution in [-0.2, 0) is 24.0 Å². The van der Waals surface area contributed by atoms with Crippen molar-refractivity contribution in [2.24, 2.45) is 10.8 Å². The van der Waals surface area contributed by atoms with Crippen LogP contribution in [-0.4, -0.2) is 72.7 Å². The minimum atomic E-state index is -5.17. The predicted molar refractivity (Wildman–Crippen MR) is 119 cm³/mol. The standard InChI is InChI=1S/C22H37F3N4O5/c1-12(17(32)22(23,24)25)26-18(33)13(10-15(31)29(8)9)27-19(34)16(21(5,6)7)28-14(30)11-20(2,3)4/h12-13,16H,10-11H2,1-9H3,(H,26,33)(H,27,34)(H,28,30)/t12?,13-,16+/m0/s1. The van der Waals surface area contributed by atoms with E-state index in [0.717, 1.165) is 11.8 Å². The Morgan fingerprint density at radius 3 is 1.71 bits per heavy atom. The van der Waals surface area contributed by atoms with Crippen LogP contribution in [0.1, 0.15) is 61.3 Å². The molecule has 0 saturated carbocycles. The quantitative estimate of drug-likeness (QED) is 0.449. The maximum absolute atomic E-state index is 13.1. The Morgan fingerprint density at radius 1 is 0.824 bits per heavy atom. The number of hydrogen-bond acceptors (Lipinski definition) is 5. The van der Waals surface area contributed by atoms with Crippen molar-refractivity contribution in [2.75, 3.05) is 14.1 Å². The molecule has 1 unspecified atom stereocenters. The fourth-order valence-electron chi connectivity index (χ4n) is 2.82. The molecule has 0 heterocycles. The molecule has 196 valence electrons. The van der Waals surface area contributed by atoms with Gasteiger partial charge in [-0.25, -0.2) is 0 Å². The zero-order chi connectivity index (χ0) is 27.2. The van der Waals surface area contributed by atoms with Crippen LogP contribution in [0.15, 0.2) is 0 Å². The number of Topliss-reactive ketones (excluding diaryl/α,β-unsaturated/α-hetero) is 1. The Bertz CT molecular complexity index is 783. The van der Waals surface area contributed by atoms with E-state index in [4.69, 9.17) is 0 Å². The molecule has 9 nitrogen and oxygen atoms in total. The summed E-state index contributed by atoms with van der Waals surface area (Å²) in [6, 6.07) is -4.61. The molecule has 0 fully saturated rings. The number of nitrogens with zero attached hydrogens (tertiary/aromatic N) is 1. The molecule has 0 aliphatic rings. The van der Waals surface area contributed by atoms with Crippen molar-refractivity contribution in [3.05, 3.63) is 0 Å². The maximum atomic E-state index is 13.1. The van der Waals surface area contributed by atoms with E-state index >= 15 is 0 Å². The summed E-state index contributed by atoms with van der Waals surface area (Å²) in [5, 5.41) is 6.89. The van der Waals surface area contributed by atoms with Crippen LogP contribution in [0, 0.1) is 10.8 Å². The number of amides is 4. The second-order valence-electron chi connectivity index (χ2n) is 10.7. The van der Waals surface area contributed by atoms with E-state index in [0.29, 0.717) is 0 Å². The molecule has 0 aromatic rings. The van der Waals surface area contributed by atoms with Crippen molar-refractivity contribution in [2.45, 2.75) is 85.6 Å². The average molecular weight is 495 g/mol. The molecule has 0 radical (unpaired) electrons. The van der Waals surface area contributed by atoms with Crippen LogP contribution >= 0.6 is 0 Å². The molecule has 0 aliphatic heterocycles. The number of alkyl halides is 3. The van der Waals surface area contributed by atoms with E-state index < -0.39 is 65.5 Å². The van der Waals surface area contributed by atoms with Crippen LogP contribution in [0.2, 0.25) is 0 Å². The third-order valence-electron chi connectivity index (χ3n) is 4.67. The van der Waals surface area contributed by atoms with Gasteiger partial charge in [-0.2, -0.15) is 13.2 Å². The SMILES string of the molecule is CC(NC(=O)[C@H](CC(=O)N(C)C)NC(=O)[C@@H](NC(=O)CC(C)(C)C)C(C)(C)C)C(=O)C(F)(F)F. The highest BCUT2D eigenvalue weighted by molar-refractivity contribution is 5.97. The lowest BCUT2D eigenvalue weighted by atomic mass is 9.85. The van der Waals surface area contributed by atoms with E-state index in [1.165, 1.54) is 14.1 Å². The highest BCUT2D eigenvalue weighted by Crippen LogP contribution is 2.23. The molecule has 12 heteroatoms. The molecule has 0 saturated heterocycles. The van der Waals surface area contributed by atoms with Gasteiger partial charge in [0.15, 0.2) is 0 Å². The summed E-state index contributed by atoms with van der Waals surface area (Å²) in [6.07, 6.45) is -5.61. The van der Waals surface area contributed by atoms with Crippen molar-refractivity contribution < 1.29 is 37.1 Å². The average Bonchev–Trinajstić information content (AvgIpc) is 2.61. The van der Waals surface area contributed by atoms with Gasteiger partial charge in [0.1, 0.15) is 12.1 Å². The number of halogens is 3. The van der Waals surface area contributed by atoms with E-state index in [1.54, 1.807) is 20.8 Å². The van der Waals surface area contributed by atoms with Crippen LogP contribution in [0.4, 0.5) is 13.2 Å². The van der Waals surface area contributed by atoms with E-state index in [2.05, 4.69) is 10.6 Å². The Hall–Kier alpha value is -2.66. The van der Waals surface area contributed by atoms with Gasteiger partial charge in [0.05, 0.1) is 12.5 Å². The number of carbonyl (C=O) groups is 5. The molecule has 3 N–H and O–H groups in total. The first kappa shape index (κ1) is 31.3. The fourth-order valence-corrected chi connectivity index (χ4v) is 2.82. The summed E-state index contributed by atoms with van der Waals surface area (Å²) in [6.45, 7) is 11.4. The Morgan fingerprint density at radius 2 is 1.32 bits per heavy atom. The summed E-state index contributed by atoms with van der Waals surface area (Å²) >= 11 is 0. The molecular formula is C22H37F3N4O5. The van der Waals surface area contributed by atoms with Crippen LogP contribution < -0.4 is 16.0 Å². The highest BCUT2D eigenvalue weighted by atomic mass is 19.4. The van der Waals surface area contributed by atoms with E-state index in [-0.39, 0.29) is 11.8 Å². The Balaban J connectivity index is 5.78. The zero-order valence-electron chi connectivity index (χ0n) is 21.3. The molecule has 3 atom stereocenters. The third-order valence-corrected chi connectivity index (χ3v) is 4.67. The van der Waals surface area contributed by atoms with Gasteiger partial charge in [-0.3, -0.25) is 24.0 Å². The number of ketones is 1. The van der Waals surface area contributed by atoms with E-state index in [1.807, 2.05) is 26.1 Å². The summed E-state index contributed by atoms with van der Waals surface area (Å²) in [5.74, 6) is -5.10. The smallest absolute Gasteiger partial charge is 0.349 e. The van der Waals surface area contributed by atoms with Gasteiger partial charge in [0.2, 0.25) is 23.6 Å². The summed E-state index contributed by atoms with van der Waals surface area (Å²) < 4.78 is 38.0. The molecule has 0 rings (SSSR count). The summed E-state index contributed by atoms with van der Waals surface area (Å²) in [4.78, 5) is 62.9. The lowest BCUT2D eigenvalue weighted by Crippen LogP contribution is -2.59. The lowest BCUT2D eigenvalue weighted by Gasteiger charge is -2.33. The molecule has 0 spiro atoms. The van der Waals surface area contributed by atoms with Gasteiger partial charge in [0, 0.05) is 20.5 Å². The molecule has 0 aromatic heterocycles. The second kappa shape index (κ2) is 11.7. The first-order chi connectivity index (χ1) is 15.1. The highest BCUT2D eigenvalue weighted by Gasteiger charge is 2.43. The van der Waals surface area contributed by atoms with Crippen molar-refractivity contribution in [3.63, 3.8) is 0 Å². The predicted octanol–water partition coefficient (Wildman–Crippen LogP) is 1.55. The molecule has 0 aliphatic carbocycles. The Kier molecular flexibility index (Phi) is 10.7. The van der Waals surface area contributed by atoms with Gasteiger partial charge in [0.25, 0.3) is 5.78 Å². The summed E-state index contributed by atoms with van der Waals surface area (Å²) in [5.41, 5.74) is -1.16. The molecule has 34 heavy (non-hydrogen) atoms. The first-order valence-corrected chi connectivity index (χ1v) is 10.8. The molecular weight excluding hydrogens is 457 g/mol. The van der Waals surface area contributed by atoms with Crippen molar-refractivity contribution in [1.82, 2.24) is 20.9 Å². The summed E-state index contributed by atoms with van der Waals surface area (Å²) in [7, 11) is 2.80. The second-order valence-corrected chi connectivity index (χ2v) is 10.7. The topological polar surface area (TPSA) is 125 Å².